The van der Waals surface area contributed by atoms with E-state index in [4.69, 9.17) is 0 Å². The minimum Gasteiger partial charge on any atom is -0.340 e. The summed E-state index contributed by atoms with van der Waals surface area (Å²) in [5.74, 6) is 0.255. The van der Waals surface area contributed by atoms with E-state index in [1.54, 1.807) is 35.4 Å². The molecular weight excluding hydrogens is 518 g/mol. The number of fused-ring (bicyclic) bond motifs is 1. The number of aromatic nitrogens is 2. The molecule has 4 aromatic rings. The average molecular weight is 540 g/mol. The van der Waals surface area contributed by atoms with Gasteiger partial charge in [0.25, 0.3) is 21.6 Å². The van der Waals surface area contributed by atoms with Gasteiger partial charge in [-0.1, -0.05) is 11.3 Å². The van der Waals surface area contributed by atoms with Crippen LogP contribution in [0.5, 0.6) is 0 Å². The number of sulfonamides is 1. The largest absolute Gasteiger partial charge is 0.340 e. The molecule has 5 rings (SSSR count). The fourth-order valence-corrected chi connectivity index (χ4v) is 5.95. The summed E-state index contributed by atoms with van der Waals surface area (Å²) in [5.41, 5.74) is 1.34. The number of non-ortho nitro benzene ring substituents is 1. The Morgan fingerprint density at radius 3 is 2.59 bits per heavy atom. The molecule has 1 fully saturated rings. The maximum atomic E-state index is 13.0. The molecular formula is C23H21N7O5S2. The quantitative estimate of drug-likeness (QED) is 0.237. The number of nitrogens with zero attached hydrogens (tertiary/aromatic N) is 4. The summed E-state index contributed by atoms with van der Waals surface area (Å²) < 4.78 is 28.7. The molecule has 0 aliphatic carbocycles. The van der Waals surface area contributed by atoms with Crippen molar-refractivity contribution >= 4 is 59.8 Å². The van der Waals surface area contributed by atoms with Crippen molar-refractivity contribution in [2.45, 2.75) is 4.90 Å². The lowest BCUT2D eigenvalue weighted by Crippen LogP contribution is -2.46. The molecule has 0 spiro atoms. The summed E-state index contributed by atoms with van der Waals surface area (Å²) in [5, 5.41) is 17.4. The Morgan fingerprint density at radius 1 is 1.11 bits per heavy atom. The van der Waals surface area contributed by atoms with Crippen LogP contribution in [-0.4, -0.2) is 60.3 Å². The SMILES string of the molecule is O=C(c1cccnc1Nc1ccc(S(=O)(=O)Nc2nc3ccc([N+](=O)[O-])cc3s2)cc1)N1CCNCC1. The van der Waals surface area contributed by atoms with E-state index < -0.39 is 14.9 Å². The van der Waals surface area contributed by atoms with Crippen LogP contribution in [0, 0.1) is 10.1 Å². The standard InChI is InChI=1S/C23H21N7O5S2/c31-22(29-12-10-24-11-13-29)18-2-1-9-25-21(18)26-15-3-6-17(7-4-15)37(34,35)28-23-27-19-8-5-16(30(32)33)14-20(19)36-23/h1-9,14,24H,10-13H2,(H,25,26)(H,27,28). The van der Waals surface area contributed by atoms with Crippen molar-refractivity contribution in [2.24, 2.45) is 0 Å². The molecule has 12 nitrogen and oxygen atoms in total. The van der Waals surface area contributed by atoms with Gasteiger partial charge in [0.05, 0.1) is 25.6 Å². The maximum absolute atomic E-state index is 13.0. The average Bonchev–Trinajstić information content (AvgIpc) is 3.30. The molecule has 0 saturated carbocycles. The van der Waals surface area contributed by atoms with Crippen LogP contribution in [0.1, 0.15) is 10.4 Å². The zero-order valence-electron chi connectivity index (χ0n) is 19.2. The van der Waals surface area contributed by atoms with E-state index in [0.717, 1.165) is 24.4 Å². The molecule has 0 atom stereocenters. The van der Waals surface area contributed by atoms with Gasteiger partial charge in [0.15, 0.2) is 5.13 Å². The van der Waals surface area contributed by atoms with Crippen LogP contribution >= 0.6 is 11.3 Å². The van der Waals surface area contributed by atoms with Gasteiger partial charge in [-0.25, -0.2) is 18.4 Å². The lowest BCUT2D eigenvalue weighted by atomic mass is 10.2. The molecule has 190 valence electrons. The van der Waals surface area contributed by atoms with Crippen LogP contribution in [0.25, 0.3) is 10.2 Å². The van der Waals surface area contributed by atoms with E-state index in [1.165, 1.54) is 30.3 Å². The minimum absolute atomic E-state index is 0.00132. The van der Waals surface area contributed by atoms with Gasteiger partial charge in [-0.3, -0.25) is 19.6 Å². The zero-order valence-corrected chi connectivity index (χ0v) is 20.9. The molecule has 1 aliphatic heterocycles. The van der Waals surface area contributed by atoms with Crippen LogP contribution in [0.15, 0.2) is 65.7 Å². The van der Waals surface area contributed by atoms with Crippen molar-refractivity contribution < 1.29 is 18.1 Å². The Balaban J connectivity index is 1.31. The smallest absolute Gasteiger partial charge is 0.270 e. The summed E-state index contributed by atoms with van der Waals surface area (Å²) in [6.45, 7) is 2.68. The van der Waals surface area contributed by atoms with Crippen LogP contribution in [0.4, 0.5) is 22.3 Å². The van der Waals surface area contributed by atoms with Crippen LogP contribution in [0.3, 0.4) is 0 Å². The van der Waals surface area contributed by atoms with Gasteiger partial charge in [0.2, 0.25) is 0 Å². The van der Waals surface area contributed by atoms with Crippen LogP contribution in [-0.2, 0) is 10.0 Å². The predicted octanol–water partition coefficient (Wildman–Crippen LogP) is 3.19. The van der Waals surface area contributed by atoms with E-state index in [-0.39, 0.29) is 21.6 Å². The Kier molecular flexibility index (Phi) is 6.69. The van der Waals surface area contributed by atoms with Gasteiger partial charge in [0, 0.05) is 50.2 Å². The number of pyridine rings is 1. The molecule has 37 heavy (non-hydrogen) atoms. The van der Waals surface area contributed by atoms with E-state index in [2.05, 4.69) is 25.3 Å². The molecule has 0 bridgehead atoms. The number of rotatable bonds is 7. The van der Waals surface area contributed by atoms with Crippen molar-refractivity contribution in [1.82, 2.24) is 20.2 Å². The highest BCUT2D eigenvalue weighted by molar-refractivity contribution is 7.93. The number of hydrogen-bond acceptors (Lipinski definition) is 10. The van der Waals surface area contributed by atoms with Gasteiger partial charge in [-0.05, 0) is 42.5 Å². The van der Waals surface area contributed by atoms with E-state index in [0.29, 0.717) is 40.4 Å². The highest BCUT2D eigenvalue weighted by Crippen LogP contribution is 2.31. The van der Waals surface area contributed by atoms with E-state index >= 15 is 0 Å². The Morgan fingerprint density at radius 2 is 1.86 bits per heavy atom. The number of benzene rings is 2. The summed E-state index contributed by atoms with van der Waals surface area (Å²) >= 11 is 1.00. The summed E-state index contributed by atoms with van der Waals surface area (Å²) in [4.78, 5) is 33.7. The summed E-state index contributed by atoms with van der Waals surface area (Å²) in [6.07, 6.45) is 1.58. The van der Waals surface area contributed by atoms with Crippen molar-refractivity contribution in [1.29, 1.82) is 0 Å². The molecule has 14 heteroatoms. The molecule has 3 heterocycles. The second kappa shape index (κ2) is 10.1. The number of anilines is 3. The highest BCUT2D eigenvalue weighted by atomic mass is 32.2. The first-order valence-corrected chi connectivity index (χ1v) is 13.5. The number of nitrogens with one attached hydrogen (secondary N) is 3. The number of piperazine rings is 1. The van der Waals surface area contributed by atoms with Crippen LogP contribution < -0.4 is 15.4 Å². The Labute approximate surface area is 215 Å². The van der Waals surface area contributed by atoms with Crippen molar-refractivity contribution in [3.63, 3.8) is 0 Å². The normalized spacial score (nSPS) is 13.9. The first-order valence-electron chi connectivity index (χ1n) is 11.2. The summed E-state index contributed by atoms with van der Waals surface area (Å²) in [7, 11) is -3.96. The number of amides is 1. The number of nitro benzene ring substituents is 1. The van der Waals surface area contributed by atoms with Gasteiger partial charge in [-0.15, -0.1) is 0 Å². The lowest BCUT2D eigenvalue weighted by Gasteiger charge is -2.28. The molecule has 2 aromatic heterocycles. The minimum atomic E-state index is -3.96. The summed E-state index contributed by atoms with van der Waals surface area (Å²) in [6, 6.07) is 13.5. The van der Waals surface area contributed by atoms with Crippen molar-refractivity contribution in [3.05, 3.63) is 76.5 Å². The second-order valence-corrected chi connectivity index (χ2v) is 10.8. The number of carbonyl (C=O) groups excluding carboxylic acids is 1. The van der Waals surface area contributed by atoms with Crippen LogP contribution in [0.2, 0.25) is 0 Å². The number of carbonyl (C=O) groups is 1. The molecule has 3 N–H and O–H groups in total. The van der Waals surface area contributed by atoms with E-state index in [1.807, 2.05) is 0 Å². The number of thiazole rings is 1. The lowest BCUT2D eigenvalue weighted by molar-refractivity contribution is -0.384. The number of nitro groups is 1. The third kappa shape index (κ3) is 5.35. The molecule has 0 unspecified atom stereocenters. The topological polar surface area (TPSA) is 159 Å². The van der Waals surface area contributed by atoms with Crippen molar-refractivity contribution in [2.75, 3.05) is 36.2 Å². The third-order valence-corrected chi connectivity index (χ3v) is 8.09. The monoisotopic (exact) mass is 539 g/mol. The Bertz CT molecular complexity index is 1580. The molecule has 1 aliphatic rings. The Hall–Kier alpha value is -4.14. The highest BCUT2D eigenvalue weighted by Gasteiger charge is 2.22. The van der Waals surface area contributed by atoms with E-state index in [9.17, 15) is 23.3 Å². The molecule has 1 saturated heterocycles. The first-order chi connectivity index (χ1) is 17.8. The first kappa shape index (κ1) is 24.5. The zero-order chi connectivity index (χ0) is 26.0. The van der Waals surface area contributed by atoms with Gasteiger partial charge >= 0.3 is 0 Å². The molecule has 1 amide bonds. The third-order valence-electron chi connectivity index (χ3n) is 5.67. The molecule has 0 radical (unpaired) electrons. The second-order valence-electron chi connectivity index (χ2n) is 8.12. The fourth-order valence-electron chi connectivity index (χ4n) is 3.81. The van der Waals surface area contributed by atoms with Gasteiger partial charge in [-0.2, -0.15) is 0 Å². The number of hydrogen-bond donors (Lipinski definition) is 3. The van der Waals surface area contributed by atoms with Gasteiger partial charge < -0.3 is 15.5 Å². The van der Waals surface area contributed by atoms with Gasteiger partial charge in [0.1, 0.15) is 5.82 Å². The van der Waals surface area contributed by atoms with Crippen molar-refractivity contribution in [3.8, 4) is 0 Å². The predicted molar refractivity (Wildman–Crippen MR) is 140 cm³/mol. The fraction of sp³-hybridized carbons (Fsp3) is 0.174. The maximum Gasteiger partial charge on any atom is 0.270 e. The molecule has 2 aromatic carbocycles.